The Kier molecular flexibility index (Phi) is 3.85. The molecule has 0 aliphatic carbocycles. The van der Waals surface area contributed by atoms with Crippen LogP contribution in [0.2, 0.25) is 0 Å². The van der Waals surface area contributed by atoms with E-state index in [-0.39, 0.29) is 12.0 Å². The van der Waals surface area contributed by atoms with Crippen LogP contribution < -0.4 is 0 Å². The van der Waals surface area contributed by atoms with E-state index in [4.69, 9.17) is 0 Å². The van der Waals surface area contributed by atoms with E-state index < -0.39 is 29.4 Å². The van der Waals surface area contributed by atoms with Crippen molar-refractivity contribution >= 4 is 0 Å². The van der Waals surface area contributed by atoms with Crippen molar-refractivity contribution in [3.8, 4) is 0 Å². The van der Waals surface area contributed by atoms with Crippen LogP contribution in [0.5, 0.6) is 0 Å². The van der Waals surface area contributed by atoms with Gasteiger partial charge in [-0.2, -0.15) is 0 Å². The molecule has 1 atom stereocenters. The van der Waals surface area contributed by atoms with Gasteiger partial charge in [0, 0.05) is 12.5 Å². The largest absolute Gasteiger partial charge is 0.388 e. The summed E-state index contributed by atoms with van der Waals surface area (Å²) < 4.78 is 51.7. The third-order valence-electron chi connectivity index (χ3n) is 2.68. The summed E-state index contributed by atoms with van der Waals surface area (Å²) in [6.07, 6.45) is -1.27. The number of hydrogen-bond acceptors (Lipinski definition) is 1. The van der Waals surface area contributed by atoms with Gasteiger partial charge in [0.1, 0.15) is 11.6 Å². The molecule has 0 saturated heterocycles. The molecule has 0 heterocycles. The molecular weight excluding hydrogens is 260 g/mol. The molecule has 1 unspecified atom stereocenters. The number of rotatable bonds is 3. The highest BCUT2D eigenvalue weighted by Crippen LogP contribution is 2.21. The zero-order chi connectivity index (χ0) is 14.0. The first kappa shape index (κ1) is 13.5. The lowest BCUT2D eigenvalue weighted by Gasteiger charge is -2.11. The Morgan fingerprint density at radius 2 is 1.47 bits per heavy atom. The summed E-state index contributed by atoms with van der Waals surface area (Å²) in [5.74, 6) is -3.64. The molecule has 0 aromatic heterocycles. The topological polar surface area (TPSA) is 20.2 Å². The molecule has 0 radical (unpaired) electrons. The van der Waals surface area contributed by atoms with Crippen LogP contribution >= 0.6 is 0 Å². The van der Waals surface area contributed by atoms with Gasteiger partial charge in [-0.05, 0) is 35.4 Å². The first-order chi connectivity index (χ1) is 8.95. The Bertz CT molecular complexity index is 578. The first-order valence-corrected chi connectivity index (χ1v) is 5.53. The van der Waals surface area contributed by atoms with Gasteiger partial charge in [-0.25, -0.2) is 17.6 Å². The molecule has 0 amide bonds. The molecule has 2 rings (SSSR count). The molecule has 1 nitrogen and oxygen atoms in total. The monoisotopic (exact) mass is 270 g/mol. The molecule has 0 aliphatic heterocycles. The van der Waals surface area contributed by atoms with Crippen molar-refractivity contribution in [3.05, 3.63) is 70.8 Å². The smallest absolute Gasteiger partial charge is 0.159 e. The average molecular weight is 270 g/mol. The molecule has 0 fully saturated rings. The predicted molar refractivity (Wildman–Crippen MR) is 61.4 cm³/mol. The van der Waals surface area contributed by atoms with E-state index >= 15 is 0 Å². The van der Waals surface area contributed by atoms with Gasteiger partial charge in [0.05, 0.1) is 6.10 Å². The third kappa shape index (κ3) is 3.32. The minimum Gasteiger partial charge on any atom is -0.388 e. The van der Waals surface area contributed by atoms with E-state index in [2.05, 4.69) is 0 Å². The van der Waals surface area contributed by atoms with Crippen molar-refractivity contribution in [2.24, 2.45) is 0 Å². The minimum absolute atomic E-state index is 0.0437. The van der Waals surface area contributed by atoms with Crippen molar-refractivity contribution in [1.29, 1.82) is 0 Å². The third-order valence-corrected chi connectivity index (χ3v) is 2.68. The lowest BCUT2D eigenvalue weighted by Crippen LogP contribution is -2.03. The fraction of sp³-hybridized carbons (Fsp3) is 0.143. The maximum Gasteiger partial charge on any atom is 0.159 e. The molecular formula is C14H10F4O. The molecule has 5 heteroatoms. The highest BCUT2D eigenvalue weighted by Gasteiger charge is 2.12. The van der Waals surface area contributed by atoms with Gasteiger partial charge in [0.15, 0.2) is 11.6 Å². The summed E-state index contributed by atoms with van der Waals surface area (Å²) in [5, 5.41) is 9.83. The second-order valence-corrected chi connectivity index (χ2v) is 4.17. The number of benzene rings is 2. The molecule has 1 N–H and O–H groups in total. The van der Waals surface area contributed by atoms with Gasteiger partial charge in [-0.1, -0.05) is 6.07 Å². The fourth-order valence-corrected chi connectivity index (χ4v) is 1.78. The van der Waals surface area contributed by atoms with Crippen LogP contribution in [-0.4, -0.2) is 5.11 Å². The Balaban J connectivity index is 2.20. The number of halogens is 4. The SMILES string of the molecule is OC(Cc1ccc(F)c(F)c1)c1cc(F)cc(F)c1. The van der Waals surface area contributed by atoms with Gasteiger partial charge < -0.3 is 5.11 Å². The maximum absolute atomic E-state index is 13.0. The maximum atomic E-state index is 13.0. The van der Waals surface area contributed by atoms with Gasteiger partial charge in [0.2, 0.25) is 0 Å². The van der Waals surface area contributed by atoms with Gasteiger partial charge in [-0.3, -0.25) is 0 Å². The van der Waals surface area contributed by atoms with Crippen LogP contribution in [0.25, 0.3) is 0 Å². The standard InChI is InChI=1S/C14H10F4O/c15-10-5-9(6-11(16)7-10)14(19)4-8-1-2-12(17)13(18)3-8/h1-3,5-7,14,19H,4H2. The number of hydrogen-bond donors (Lipinski definition) is 1. The van der Waals surface area contributed by atoms with Crippen molar-refractivity contribution < 1.29 is 22.7 Å². The Morgan fingerprint density at radius 1 is 0.842 bits per heavy atom. The van der Waals surface area contributed by atoms with E-state index in [1.54, 1.807) is 0 Å². The van der Waals surface area contributed by atoms with Crippen LogP contribution in [0.3, 0.4) is 0 Å². The highest BCUT2D eigenvalue weighted by atomic mass is 19.2. The van der Waals surface area contributed by atoms with E-state index in [0.29, 0.717) is 11.6 Å². The van der Waals surface area contributed by atoms with Gasteiger partial charge >= 0.3 is 0 Å². The fourth-order valence-electron chi connectivity index (χ4n) is 1.78. The van der Waals surface area contributed by atoms with Gasteiger partial charge in [0.25, 0.3) is 0 Å². The van der Waals surface area contributed by atoms with Crippen LogP contribution in [0.1, 0.15) is 17.2 Å². The minimum atomic E-state index is -1.20. The molecule has 0 saturated carbocycles. The molecule has 2 aromatic carbocycles. The van der Waals surface area contributed by atoms with Crippen LogP contribution in [0, 0.1) is 23.3 Å². The van der Waals surface area contributed by atoms with E-state index in [9.17, 15) is 22.7 Å². The summed E-state index contributed by atoms with van der Waals surface area (Å²) in [5.41, 5.74) is 0.373. The van der Waals surface area contributed by atoms with Gasteiger partial charge in [-0.15, -0.1) is 0 Å². The number of aliphatic hydroxyl groups excluding tert-OH is 1. The zero-order valence-electron chi connectivity index (χ0n) is 9.71. The molecule has 19 heavy (non-hydrogen) atoms. The highest BCUT2D eigenvalue weighted by molar-refractivity contribution is 5.24. The molecule has 100 valence electrons. The van der Waals surface area contributed by atoms with E-state index in [0.717, 1.165) is 24.3 Å². The molecule has 2 aromatic rings. The van der Waals surface area contributed by atoms with Crippen LogP contribution in [-0.2, 0) is 6.42 Å². The quantitative estimate of drug-likeness (QED) is 0.846. The summed E-state index contributed by atoms with van der Waals surface area (Å²) >= 11 is 0. The molecule has 0 spiro atoms. The lowest BCUT2D eigenvalue weighted by atomic mass is 10.0. The second kappa shape index (κ2) is 5.40. The molecule has 0 bridgehead atoms. The first-order valence-electron chi connectivity index (χ1n) is 5.53. The molecule has 0 aliphatic rings. The Morgan fingerprint density at radius 3 is 2.05 bits per heavy atom. The Labute approximate surface area is 107 Å². The average Bonchev–Trinajstić information content (AvgIpc) is 2.32. The summed E-state index contributed by atoms with van der Waals surface area (Å²) in [4.78, 5) is 0. The van der Waals surface area contributed by atoms with Crippen LogP contribution in [0.15, 0.2) is 36.4 Å². The van der Waals surface area contributed by atoms with Crippen molar-refractivity contribution in [2.45, 2.75) is 12.5 Å². The van der Waals surface area contributed by atoms with Crippen molar-refractivity contribution in [1.82, 2.24) is 0 Å². The summed E-state index contributed by atoms with van der Waals surface area (Å²) in [7, 11) is 0. The van der Waals surface area contributed by atoms with E-state index in [1.807, 2.05) is 0 Å². The lowest BCUT2D eigenvalue weighted by molar-refractivity contribution is 0.177. The summed E-state index contributed by atoms with van der Waals surface area (Å²) in [6, 6.07) is 5.85. The zero-order valence-corrected chi connectivity index (χ0v) is 9.71. The normalized spacial score (nSPS) is 12.5. The number of aliphatic hydroxyl groups is 1. The Hall–Kier alpha value is -1.88. The summed E-state index contributed by atoms with van der Waals surface area (Å²) in [6.45, 7) is 0. The van der Waals surface area contributed by atoms with E-state index in [1.165, 1.54) is 6.07 Å². The van der Waals surface area contributed by atoms with Crippen molar-refractivity contribution in [2.75, 3.05) is 0 Å². The predicted octanol–water partition coefficient (Wildman–Crippen LogP) is 3.52. The second-order valence-electron chi connectivity index (χ2n) is 4.17. The van der Waals surface area contributed by atoms with Crippen LogP contribution in [0.4, 0.5) is 17.6 Å². The van der Waals surface area contributed by atoms with Crippen molar-refractivity contribution in [3.63, 3.8) is 0 Å².